The number of aliphatic carboxylic acids is 1. The van der Waals surface area contributed by atoms with Crippen LogP contribution in [0.1, 0.15) is 78.2 Å². The minimum atomic E-state index is -0.629. The van der Waals surface area contributed by atoms with Crippen LogP contribution in [0.3, 0.4) is 0 Å². The van der Waals surface area contributed by atoms with Crippen molar-refractivity contribution < 1.29 is 14.6 Å². The summed E-state index contributed by atoms with van der Waals surface area (Å²) in [5.41, 5.74) is 1.16. The molecule has 33 heavy (non-hydrogen) atoms. The molecule has 2 aromatic carbocycles. The summed E-state index contributed by atoms with van der Waals surface area (Å²) in [7, 11) is 0. The van der Waals surface area contributed by atoms with Gasteiger partial charge in [0.05, 0.1) is 11.5 Å². The van der Waals surface area contributed by atoms with Crippen molar-refractivity contribution in [2.24, 2.45) is 16.7 Å². The number of rotatable bonds is 6. The molecular formula is C29H41NO3. The fourth-order valence-corrected chi connectivity index (χ4v) is 5.80. The van der Waals surface area contributed by atoms with E-state index in [0.717, 1.165) is 57.0 Å². The zero-order valence-electron chi connectivity index (χ0n) is 20.9. The molecule has 2 fully saturated rings. The van der Waals surface area contributed by atoms with Crippen LogP contribution in [0.2, 0.25) is 0 Å². The van der Waals surface area contributed by atoms with Gasteiger partial charge in [-0.2, -0.15) is 0 Å². The van der Waals surface area contributed by atoms with Crippen LogP contribution in [0, 0.1) is 16.7 Å². The largest absolute Gasteiger partial charge is 0.490 e. The first kappa shape index (κ1) is 24.1. The standard InChI is InChI=1S/C29H41NO3/c1-5-29(27(31)32)14-16-30(17-15-29)20-21-6-7-23-19-26(11-8-22(23)18-21)33-25-12-9-24(10-13-25)28(2,3)4/h6-8,11,18-19,24-25H,5,9-10,12-17,20H2,1-4H3,(H,31,32). The fourth-order valence-electron chi connectivity index (χ4n) is 5.80. The molecule has 1 aliphatic heterocycles. The summed E-state index contributed by atoms with van der Waals surface area (Å²) in [6.45, 7) is 11.7. The van der Waals surface area contributed by atoms with E-state index in [1.165, 1.54) is 29.2 Å². The summed E-state index contributed by atoms with van der Waals surface area (Å²) in [6, 6.07) is 13.2. The Morgan fingerprint density at radius 2 is 1.67 bits per heavy atom. The lowest BCUT2D eigenvalue weighted by Crippen LogP contribution is -2.43. The van der Waals surface area contributed by atoms with E-state index in [2.05, 4.69) is 62.1 Å². The highest BCUT2D eigenvalue weighted by atomic mass is 16.5. The zero-order chi connectivity index (χ0) is 23.6. The number of carboxylic acids is 1. The highest BCUT2D eigenvalue weighted by molar-refractivity contribution is 5.84. The smallest absolute Gasteiger partial charge is 0.309 e. The zero-order valence-corrected chi connectivity index (χ0v) is 20.9. The number of hydrogen-bond acceptors (Lipinski definition) is 3. The Bertz CT molecular complexity index is 960. The van der Waals surface area contributed by atoms with Gasteiger partial charge in [-0.25, -0.2) is 0 Å². The second-order valence-corrected chi connectivity index (χ2v) is 11.5. The van der Waals surface area contributed by atoms with Crippen LogP contribution >= 0.6 is 0 Å². The summed E-state index contributed by atoms with van der Waals surface area (Å²) < 4.78 is 6.37. The average molecular weight is 452 g/mol. The van der Waals surface area contributed by atoms with Gasteiger partial charge in [0, 0.05) is 6.54 Å². The van der Waals surface area contributed by atoms with Crippen LogP contribution in [0.5, 0.6) is 5.75 Å². The van der Waals surface area contributed by atoms with E-state index in [1.807, 2.05) is 6.92 Å². The van der Waals surface area contributed by atoms with Gasteiger partial charge in [0.15, 0.2) is 0 Å². The molecule has 1 aliphatic carbocycles. The molecule has 0 radical (unpaired) electrons. The quantitative estimate of drug-likeness (QED) is 0.519. The lowest BCUT2D eigenvalue weighted by Gasteiger charge is -2.38. The van der Waals surface area contributed by atoms with Gasteiger partial charge in [-0.3, -0.25) is 9.69 Å². The number of carbonyl (C=O) groups is 1. The van der Waals surface area contributed by atoms with Gasteiger partial charge in [0.1, 0.15) is 5.75 Å². The predicted molar refractivity (Wildman–Crippen MR) is 135 cm³/mol. The molecule has 0 bridgehead atoms. The first-order valence-electron chi connectivity index (χ1n) is 12.8. The number of likely N-dealkylation sites (tertiary alicyclic amines) is 1. The number of carboxylic acid groups (broad SMARTS) is 1. The Morgan fingerprint density at radius 1 is 1.03 bits per heavy atom. The Kier molecular flexibility index (Phi) is 7.04. The number of nitrogens with zero attached hydrogens (tertiary/aromatic N) is 1. The second kappa shape index (κ2) is 9.66. The SMILES string of the molecule is CCC1(C(=O)O)CCN(Cc2ccc3cc(OC4CCC(C(C)(C)C)CC4)ccc3c2)CC1. The number of benzene rings is 2. The average Bonchev–Trinajstić information content (AvgIpc) is 2.79. The van der Waals surface area contributed by atoms with Gasteiger partial charge in [0.2, 0.25) is 0 Å². The van der Waals surface area contributed by atoms with Crippen LogP contribution in [0.25, 0.3) is 10.8 Å². The van der Waals surface area contributed by atoms with Crippen molar-refractivity contribution in [2.75, 3.05) is 13.1 Å². The van der Waals surface area contributed by atoms with Gasteiger partial charge in [-0.05, 0) is 104 Å². The monoisotopic (exact) mass is 451 g/mol. The maximum absolute atomic E-state index is 11.7. The molecule has 1 heterocycles. The Hall–Kier alpha value is -2.07. The Morgan fingerprint density at radius 3 is 2.27 bits per heavy atom. The van der Waals surface area contributed by atoms with Gasteiger partial charge in [-0.1, -0.05) is 45.9 Å². The van der Waals surface area contributed by atoms with Crippen molar-refractivity contribution in [3.63, 3.8) is 0 Å². The third-order valence-electron chi connectivity index (χ3n) is 8.43. The van der Waals surface area contributed by atoms with E-state index in [9.17, 15) is 9.90 Å². The number of ether oxygens (including phenoxy) is 1. The summed E-state index contributed by atoms with van der Waals surface area (Å²) >= 11 is 0. The van der Waals surface area contributed by atoms with Crippen molar-refractivity contribution in [3.05, 3.63) is 42.0 Å². The minimum absolute atomic E-state index is 0.334. The van der Waals surface area contributed by atoms with E-state index >= 15 is 0 Å². The van der Waals surface area contributed by atoms with Crippen LogP contribution in [-0.4, -0.2) is 35.2 Å². The highest BCUT2D eigenvalue weighted by Gasteiger charge is 2.39. The topological polar surface area (TPSA) is 49.8 Å². The highest BCUT2D eigenvalue weighted by Crippen LogP contribution is 2.39. The molecule has 1 N–H and O–H groups in total. The normalized spacial score (nSPS) is 24.0. The van der Waals surface area contributed by atoms with E-state index in [0.29, 0.717) is 17.9 Å². The van der Waals surface area contributed by atoms with Crippen LogP contribution in [-0.2, 0) is 11.3 Å². The first-order chi connectivity index (χ1) is 15.7. The van der Waals surface area contributed by atoms with Crippen LogP contribution < -0.4 is 4.74 Å². The van der Waals surface area contributed by atoms with Gasteiger partial charge >= 0.3 is 5.97 Å². The van der Waals surface area contributed by atoms with Crippen LogP contribution in [0.4, 0.5) is 0 Å². The number of piperidine rings is 1. The molecule has 180 valence electrons. The van der Waals surface area contributed by atoms with Crippen molar-refractivity contribution in [1.82, 2.24) is 4.90 Å². The van der Waals surface area contributed by atoms with E-state index in [4.69, 9.17) is 4.74 Å². The maximum atomic E-state index is 11.7. The Balaban J connectivity index is 1.34. The van der Waals surface area contributed by atoms with Gasteiger partial charge in [0.25, 0.3) is 0 Å². The molecule has 0 aromatic heterocycles. The van der Waals surface area contributed by atoms with Crippen molar-refractivity contribution in [1.29, 1.82) is 0 Å². The number of fused-ring (bicyclic) bond motifs is 1. The van der Waals surface area contributed by atoms with Crippen molar-refractivity contribution in [3.8, 4) is 5.75 Å². The molecule has 0 unspecified atom stereocenters. The van der Waals surface area contributed by atoms with E-state index in [1.54, 1.807) is 0 Å². The molecule has 4 rings (SSSR count). The predicted octanol–water partition coefficient (Wildman–Crippen LogP) is 6.90. The molecule has 1 saturated heterocycles. The van der Waals surface area contributed by atoms with Gasteiger partial charge < -0.3 is 9.84 Å². The van der Waals surface area contributed by atoms with Gasteiger partial charge in [-0.15, -0.1) is 0 Å². The molecule has 0 atom stereocenters. The van der Waals surface area contributed by atoms with Crippen LogP contribution in [0.15, 0.2) is 36.4 Å². The molecule has 0 amide bonds. The third-order valence-corrected chi connectivity index (χ3v) is 8.43. The lowest BCUT2D eigenvalue weighted by atomic mass is 9.72. The fraction of sp³-hybridized carbons (Fsp3) is 0.621. The molecule has 2 aliphatic rings. The minimum Gasteiger partial charge on any atom is -0.490 e. The van der Waals surface area contributed by atoms with Crippen molar-refractivity contribution in [2.45, 2.75) is 85.3 Å². The second-order valence-electron chi connectivity index (χ2n) is 11.5. The number of hydrogen-bond donors (Lipinski definition) is 1. The summed E-state index contributed by atoms with van der Waals surface area (Å²) in [5.74, 6) is 1.15. The molecule has 1 saturated carbocycles. The molecular weight excluding hydrogens is 410 g/mol. The molecule has 2 aromatic rings. The summed E-state index contributed by atoms with van der Waals surface area (Å²) in [4.78, 5) is 14.1. The van der Waals surface area contributed by atoms with E-state index < -0.39 is 11.4 Å². The Labute approximate surface area is 199 Å². The van der Waals surface area contributed by atoms with E-state index in [-0.39, 0.29) is 0 Å². The molecule has 0 spiro atoms. The maximum Gasteiger partial charge on any atom is 0.309 e. The lowest BCUT2D eigenvalue weighted by molar-refractivity contribution is -0.152. The molecule has 4 heteroatoms. The molecule has 4 nitrogen and oxygen atoms in total. The third kappa shape index (κ3) is 5.54. The first-order valence-corrected chi connectivity index (χ1v) is 12.8. The van der Waals surface area contributed by atoms with Crippen molar-refractivity contribution >= 4 is 16.7 Å². The summed E-state index contributed by atoms with van der Waals surface area (Å²) in [5, 5.41) is 12.1. The summed E-state index contributed by atoms with van der Waals surface area (Å²) in [6.07, 6.45) is 7.34.